The molecule has 1 fully saturated rings. The molecule has 1 aliphatic rings. The minimum absolute atomic E-state index is 0.0195. The number of halogens is 3. The topological polar surface area (TPSA) is 41.6 Å². The van der Waals surface area contributed by atoms with Crippen molar-refractivity contribution in [2.75, 3.05) is 26.2 Å². The van der Waals surface area contributed by atoms with Gasteiger partial charge in [0.2, 0.25) is 0 Å². The zero-order valence-corrected chi connectivity index (χ0v) is 16.4. The Hall–Kier alpha value is -1.66. The Kier molecular flexibility index (Phi) is 6.71. The van der Waals surface area contributed by atoms with Gasteiger partial charge in [-0.2, -0.15) is 0 Å². The van der Waals surface area contributed by atoms with E-state index in [2.05, 4.69) is 10.2 Å². The number of carbonyl (C=O) groups is 1. The summed E-state index contributed by atoms with van der Waals surface area (Å²) in [5, 5.41) is 3.58. The predicted octanol–water partition coefficient (Wildman–Crippen LogP) is 4.32. The molecule has 1 N–H and O–H groups in total. The maximum atomic E-state index is 14.6. The first kappa shape index (κ1) is 20.1. The Labute approximate surface area is 168 Å². The van der Waals surface area contributed by atoms with E-state index in [1.807, 2.05) is 6.92 Å². The lowest BCUT2D eigenvalue weighted by molar-refractivity contribution is -0.0346. The molecule has 144 valence electrons. The number of carbonyl (C=O) groups excluding carboxylic acids is 1. The van der Waals surface area contributed by atoms with Crippen molar-refractivity contribution in [1.82, 2.24) is 10.2 Å². The minimum Gasteiger partial charge on any atom is -0.376 e. The second-order valence-corrected chi connectivity index (χ2v) is 7.33. The van der Waals surface area contributed by atoms with E-state index >= 15 is 0 Å². The third kappa shape index (κ3) is 4.79. The van der Waals surface area contributed by atoms with Crippen LogP contribution in [-0.4, -0.2) is 43.2 Å². The highest BCUT2D eigenvalue weighted by atomic mass is 35.5. The quantitative estimate of drug-likeness (QED) is 0.797. The summed E-state index contributed by atoms with van der Waals surface area (Å²) in [5.74, 6) is -0.696. The summed E-state index contributed by atoms with van der Waals surface area (Å²) < 4.78 is 20.2. The van der Waals surface area contributed by atoms with E-state index in [9.17, 15) is 9.18 Å². The largest absolute Gasteiger partial charge is 0.376 e. The van der Waals surface area contributed by atoms with E-state index in [0.717, 1.165) is 0 Å². The van der Waals surface area contributed by atoms with E-state index in [0.29, 0.717) is 40.9 Å². The summed E-state index contributed by atoms with van der Waals surface area (Å²) in [5.41, 5.74) is 0.764. The Bertz CT molecular complexity index is 798. The molecule has 0 aromatic heterocycles. The normalized spacial score (nSPS) is 18.9. The van der Waals surface area contributed by atoms with Gasteiger partial charge in [-0.3, -0.25) is 9.69 Å². The molecule has 1 amide bonds. The molecule has 0 saturated carbocycles. The van der Waals surface area contributed by atoms with Crippen LogP contribution in [0.25, 0.3) is 0 Å². The molecule has 1 heterocycles. The van der Waals surface area contributed by atoms with Crippen molar-refractivity contribution in [3.05, 3.63) is 69.5 Å². The second kappa shape index (κ2) is 9.02. The number of nitrogens with one attached hydrogen (secondary N) is 1. The lowest BCUT2D eigenvalue weighted by atomic mass is 10.0. The molecular weight excluding hydrogens is 390 g/mol. The van der Waals surface area contributed by atoms with Crippen LogP contribution >= 0.6 is 23.2 Å². The number of hydrogen-bond donors (Lipinski definition) is 1. The van der Waals surface area contributed by atoms with Crippen LogP contribution in [0.5, 0.6) is 0 Å². The van der Waals surface area contributed by atoms with Crippen molar-refractivity contribution < 1.29 is 13.9 Å². The highest BCUT2D eigenvalue weighted by molar-refractivity contribution is 6.33. The molecule has 0 bridgehead atoms. The molecule has 2 aromatic rings. The average Bonchev–Trinajstić information content (AvgIpc) is 2.64. The maximum Gasteiger partial charge on any atom is 0.252 e. The third-order valence-electron chi connectivity index (χ3n) is 4.62. The summed E-state index contributed by atoms with van der Waals surface area (Å²) >= 11 is 12.4. The molecule has 4 nitrogen and oxygen atoms in total. The summed E-state index contributed by atoms with van der Waals surface area (Å²) in [7, 11) is 0. The fourth-order valence-corrected chi connectivity index (χ4v) is 3.81. The first-order valence-corrected chi connectivity index (χ1v) is 9.55. The van der Waals surface area contributed by atoms with Gasteiger partial charge >= 0.3 is 0 Å². The molecule has 0 spiro atoms. The fraction of sp³-hybridized carbons (Fsp3) is 0.350. The Morgan fingerprint density at radius 3 is 2.70 bits per heavy atom. The number of nitrogens with zero attached hydrogens (tertiary/aromatic N) is 1. The van der Waals surface area contributed by atoms with Crippen LogP contribution < -0.4 is 5.32 Å². The van der Waals surface area contributed by atoms with Gasteiger partial charge in [-0.05, 0) is 31.2 Å². The average molecular weight is 411 g/mol. The van der Waals surface area contributed by atoms with Gasteiger partial charge < -0.3 is 10.1 Å². The molecular formula is C20H21Cl2FN2O2. The number of benzene rings is 2. The van der Waals surface area contributed by atoms with Crippen LogP contribution in [0.1, 0.15) is 28.9 Å². The highest BCUT2D eigenvalue weighted by Crippen LogP contribution is 2.31. The van der Waals surface area contributed by atoms with Crippen LogP contribution in [-0.2, 0) is 4.74 Å². The molecule has 27 heavy (non-hydrogen) atoms. The van der Waals surface area contributed by atoms with Gasteiger partial charge in [-0.15, -0.1) is 0 Å². The lowest BCUT2D eigenvalue weighted by Crippen LogP contribution is -2.47. The molecule has 2 aromatic carbocycles. The molecule has 7 heteroatoms. The van der Waals surface area contributed by atoms with E-state index in [4.69, 9.17) is 27.9 Å². The molecule has 1 saturated heterocycles. The smallest absolute Gasteiger partial charge is 0.252 e. The number of ether oxygens (including phenoxy) is 1. The molecule has 3 rings (SSSR count). The maximum absolute atomic E-state index is 14.6. The number of hydrogen-bond acceptors (Lipinski definition) is 3. The van der Waals surface area contributed by atoms with Crippen LogP contribution in [0.3, 0.4) is 0 Å². The van der Waals surface area contributed by atoms with E-state index < -0.39 is 11.9 Å². The van der Waals surface area contributed by atoms with Gasteiger partial charge in [-0.25, -0.2) is 4.39 Å². The van der Waals surface area contributed by atoms with Gasteiger partial charge in [0.25, 0.3) is 5.91 Å². The summed E-state index contributed by atoms with van der Waals surface area (Å²) in [4.78, 5) is 14.6. The van der Waals surface area contributed by atoms with Crippen LogP contribution in [0.4, 0.5) is 4.39 Å². The van der Waals surface area contributed by atoms with Crippen LogP contribution in [0.2, 0.25) is 10.0 Å². The standard InChI is InChI=1S/C20H21Cl2FN2O2/c1-13-12-25(9-10-27-13)18(19-16(22)7-4-8-17(19)23)11-24-20(26)14-5-2-3-6-15(14)21/h2-8,13,18H,9-12H2,1H3,(H,24,26)/t13-,18+/m1/s1. The molecule has 0 unspecified atom stereocenters. The van der Waals surface area contributed by atoms with Gasteiger partial charge in [-0.1, -0.05) is 41.4 Å². The number of rotatable bonds is 5. The Balaban J connectivity index is 1.84. The van der Waals surface area contributed by atoms with Crippen LogP contribution in [0.15, 0.2) is 42.5 Å². The lowest BCUT2D eigenvalue weighted by Gasteiger charge is -2.38. The van der Waals surface area contributed by atoms with E-state index in [-0.39, 0.29) is 18.6 Å². The van der Waals surface area contributed by atoms with Gasteiger partial charge in [0.15, 0.2) is 0 Å². The Morgan fingerprint density at radius 1 is 1.26 bits per heavy atom. The first-order valence-electron chi connectivity index (χ1n) is 8.79. The van der Waals surface area contributed by atoms with Gasteiger partial charge in [0.05, 0.1) is 29.3 Å². The summed E-state index contributed by atoms with van der Waals surface area (Å²) in [6, 6.07) is 11.0. The number of morpholine rings is 1. The van der Waals surface area contributed by atoms with Gasteiger partial charge in [0.1, 0.15) is 5.82 Å². The van der Waals surface area contributed by atoms with E-state index in [1.54, 1.807) is 36.4 Å². The monoisotopic (exact) mass is 410 g/mol. The van der Waals surface area contributed by atoms with Crippen molar-refractivity contribution >= 4 is 29.1 Å². The molecule has 0 aliphatic carbocycles. The first-order chi connectivity index (χ1) is 13.0. The van der Waals surface area contributed by atoms with Crippen molar-refractivity contribution in [3.63, 3.8) is 0 Å². The molecule has 0 radical (unpaired) electrons. The van der Waals surface area contributed by atoms with Gasteiger partial charge in [0, 0.05) is 30.2 Å². The minimum atomic E-state index is -0.406. The summed E-state index contributed by atoms with van der Waals surface area (Å²) in [6.07, 6.45) is 0.0195. The van der Waals surface area contributed by atoms with Crippen molar-refractivity contribution in [1.29, 1.82) is 0 Å². The zero-order valence-electron chi connectivity index (χ0n) is 14.9. The summed E-state index contributed by atoms with van der Waals surface area (Å²) in [6.45, 7) is 3.97. The van der Waals surface area contributed by atoms with Crippen molar-refractivity contribution in [3.8, 4) is 0 Å². The van der Waals surface area contributed by atoms with E-state index in [1.165, 1.54) is 6.07 Å². The third-order valence-corrected chi connectivity index (χ3v) is 5.28. The SMILES string of the molecule is C[C@@H]1CN([C@@H](CNC(=O)c2ccccc2Cl)c2c(F)cccc2Cl)CCO1. The van der Waals surface area contributed by atoms with Crippen LogP contribution in [0, 0.1) is 5.82 Å². The van der Waals surface area contributed by atoms with Crippen molar-refractivity contribution in [2.45, 2.75) is 19.1 Å². The second-order valence-electron chi connectivity index (χ2n) is 6.52. The van der Waals surface area contributed by atoms with Crippen molar-refractivity contribution in [2.24, 2.45) is 0 Å². The fourth-order valence-electron chi connectivity index (χ4n) is 3.30. The molecule has 2 atom stereocenters. The highest BCUT2D eigenvalue weighted by Gasteiger charge is 2.29. The Morgan fingerprint density at radius 2 is 2.00 bits per heavy atom. The predicted molar refractivity (Wildman–Crippen MR) is 105 cm³/mol. The zero-order chi connectivity index (χ0) is 19.4. The number of amides is 1. The molecule has 1 aliphatic heterocycles.